The third kappa shape index (κ3) is 3.00. The Hall–Kier alpha value is -2.17. The molecule has 1 amide bonds. The number of halogens is 2. The molecular weight excluding hydrogens is 298 g/mol. The number of nitrogens with zero attached hydrogens (tertiary/aromatic N) is 1. The second-order valence-electron chi connectivity index (χ2n) is 6.27. The minimum Gasteiger partial charge on any atom is -0.348 e. The predicted molar refractivity (Wildman–Crippen MR) is 84.6 cm³/mol. The molecule has 1 aliphatic rings. The maximum absolute atomic E-state index is 13.4. The van der Waals surface area contributed by atoms with E-state index in [2.05, 4.69) is 5.32 Å². The highest BCUT2D eigenvalue weighted by Gasteiger charge is 2.27. The molecule has 1 aromatic heterocycles. The molecule has 0 radical (unpaired) electrons. The van der Waals surface area contributed by atoms with Crippen LogP contribution in [0.5, 0.6) is 0 Å². The number of benzene rings is 1. The lowest BCUT2D eigenvalue weighted by molar-refractivity contribution is 0.0941. The summed E-state index contributed by atoms with van der Waals surface area (Å²) in [5.74, 6) is -1.83. The van der Waals surface area contributed by atoms with Crippen LogP contribution in [0.25, 0.3) is 0 Å². The zero-order valence-corrected chi connectivity index (χ0v) is 13.5. The first-order chi connectivity index (χ1) is 10.9. The molecule has 1 heterocycles. The van der Waals surface area contributed by atoms with Gasteiger partial charge in [-0.1, -0.05) is 6.07 Å². The van der Waals surface area contributed by atoms with E-state index in [0.717, 1.165) is 35.7 Å². The Balaban J connectivity index is 1.97. The van der Waals surface area contributed by atoms with E-state index in [0.29, 0.717) is 17.8 Å². The quantitative estimate of drug-likeness (QED) is 0.917. The topological polar surface area (TPSA) is 34.0 Å². The van der Waals surface area contributed by atoms with Crippen molar-refractivity contribution in [3.8, 4) is 0 Å². The number of hydrogen-bond acceptors (Lipinski definition) is 1. The molecule has 5 heteroatoms. The second-order valence-corrected chi connectivity index (χ2v) is 6.27. The van der Waals surface area contributed by atoms with Gasteiger partial charge < -0.3 is 9.88 Å². The van der Waals surface area contributed by atoms with Crippen molar-refractivity contribution >= 4 is 5.91 Å². The lowest BCUT2D eigenvalue weighted by atomic mass is 10.1. The van der Waals surface area contributed by atoms with Crippen LogP contribution in [0, 0.1) is 32.4 Å². The van der Waals surface area contributed by atoms with Crippen molar-refractivity contribution in [1.29, 1.82) is 0 Å². The summed E-state index contributed by atoms with van der Waals surface area (Å²) >= 11 is 0. The molecule has 0 atom stereocenters. The molecule has 3 nitrogen and oxygen atoms in total. The number of aromatic nitrogens is 1. The summed E-state index contributed by atoms with van der Waals surface area (Å²) in [6, 6.07) is 4.12. The van der Waals surface area contributed by atoms with E-state index in [4.69, 9.17) is 0 Å². The Morgan fingerprint density at radius 1 is 1.17 bits per heavy atom. The molecule has 1 saturated carbocycles. The lowest BCUT2D eigenvalue weighted by Crippen LogP contribution is -2.28. The van der Waals surface area contributed by atoms with Crippen LogP contribution in [0.4, 0.5) is 8.78 Å². The van der Waals surface area contributed by atoms with Crippen LogP contribution in [0.2, 0.25) is 0 Å². The van der Waals surface area contributed by atoms with Gasteiger partial charge in [-0.05, 0) is 62.4 Å². The standard InChI is InChI=1S/C18H20F2N2O/c1-10-11(2)17(18(23)21-14-5-6-14)22(12(10)3)9-13-4-7-15(19)16(20)8-13/h4,7-8,14H,5-6,9H2,1-3H3,(H,21,23). The molecule has 1 N–H and O–H groups in total. The van der Waals surface area contributed by atoms with Crippen LogP contribution in [-0.2, 0) is 6.54 Å². The van der Waals surface area contributed by atoms with Crippen LogP contribution in [0.1, 0.15) is 45.7 Å². The molecule has 1 aliphatic carbocycles. The van der Waals surface area contributed by atoms with Crippen molar-refractivity contribution in [2.45, 2.75) is 46.2 Å². The van der Waals surface area contributed by atoms with E-state index in [1.165, 1.54) is 6.07 Å². The first-order valence-corrected chi connectivity index (χ1v) is 7.79. The van der Waals surface area contributed by atoms with E-state index < -0.39 is 11.6 Å². The summed E-state index contributed by atoms with van der Waals surface area (Å²) < 4.78 is 28.4. The number of rotatable bonds is 4. The summed E-state index contributed by atoms with van der Waals surface area (Å²) in [6.45, 7) is 6.17. The minimum atomic E-state index is -0.871. The van der Waals surface area contributed by atoms with Crippen LogP contribution >= 0.6 is 0 Å². The highest BCUT2D eigenvalue weighted by molar-refractivity contribution is 5.95. The van der Waals surface area contributed by atoms with Crippen LogP contribution in [0.15, 0.2) is 18.2 Å². The minimum absolute atomic E-state index is 0.0937. The first kappa shape index (κ1) is 15.7. The van der Waals surface area contributed by atoms with E-state index in [1.54, 1.807) is 6.07 Å². The van der Waals surface area contributed by atoms with Gasteiger partial charge in [0.25, 0.3) is 5.91 Å². The van der Waals surface area contributed by atoms with Crippen molar-refractivity contribution in [3.05, 3.63) is 57.9 Å². The fourth-order valence-electron chi connectivity index (χ4n) is 2.81. The maximum Gasteiger partial charge on any atom is 0.268 e. The SMILES string of the molecule is Cc1c(C)c(C(=O)NC2CC2)n(Cc2ccc(F)c(F)c2)c1C. The summed E-state index contributed by atoms with van der Waals surface area (Å²) in [6.07, 6.45) is 2.04. The lowest BCUT2D eigenvalue weighted by Gasteiger charge is -2.13. The molecule has 0 unspecified atom stereocenters. The number of carbonyl (C=O) groups excluding carboxylic acids is 1. The van der Waals surface area contributed by atoms with Gasteiger partial charge in [0.05, 0.1) is 0 Å². The molecule has 1 fully saturated rings. The third-order valence-corrected chi connectivity index (χ3v) is 4.59. The van der Waals surface area contributed by atoms with Gasteiger partial charge in [0, 0.05) is 18.3 Å². The molecule has 0 bridgehead atoms. The Kier molecular flexibility index (Phi) is 3.96. The monoisotopic (exact) mass is 318 g/mol. The van der Waals surface area contributed by atoms with Gasteiger partial charge in [0.2, 0.25) is 0 Å². The van der Waals surface area contributed by atoms with E-state index in [9.17, 15) is 13.6 Å². The molecule has 122 valence electrons. The zero-order chi connectivity index (χ0) is 16.7. The predicted octanol–water partition coefficient (Wildman–Crippen LogP) is 3.63. The number of amides is 1. The largest absolute Gasteiger partial charge is 0.348 e. The van der Waals surface area contributed by atoms with E-state index >= 15 is 0 Å². The summed E-state index contributed by atoms with van der Waals surface area (Å²) in [5, 5.41) is 3.00. The van der Waals surface area contributed by atoms with Crippen molar-refractivity contribution in [3.63, 3.8) is 0 Å². The average Bonchev–Trinajstić information content (AvgIpc) is 3.28. The smallest absolute Gasteiger partial charge is 0.268 e. The van der Waals surface area contributed by atoms with Gasteiger partial charge in [-0.15, -0.1) is 0 Å². The molecule has 23 heavy (non-hydrogen) atoms. The van der Waals surface area contributed by atoms with Crippen LogP contribution in [0.3, 0.4) is 0 Å². The van der Waals surface area contributed by atoms with Gasteiger partial charge in [-0.3, -0.25) is 4.79 Å². The van der Waals surface area contributed by atoms with Gasteiger partial charge in [-0.25, -0.2) is 8.78 Å². The highest BCUT2D eigenvalue weighted by Crippen LogP contribution is 2.25. The highest BCUT2D eigenvalue weighted by atomic mass is 19.2. The van der Waals surface area contributed by atoms with Crippen molar-refractivity contribution in [2.75, 3.05) is 0 Å². The normalized spacial score (nSPS) is 14.1. The van der Waals surface area contributed by atoms with Gasteiger partial charge in [0.15, 0.2) is 11.6 Å². The zero-order valence-electron chi connectivity index (χ0n) is 13.5. The van der Waals surface area contributed by atoms with Crippen molar-refractivity contribution in [1.82, 2.24) is 9.88 Å². The number of nitrogens with one attached hydrogen (secondary N) is 1. The molecule has 3 rings (SSSR count). The molecule has 2 aromatic rings. The Bertz CT molecular complexity index is 776. The fraction of sp³-hybridized carbons (Fsp3) is 0.389. The first-order valence-electron chi connectivity index (χ1n) is 7.79. The van der Waals surface area contributed by atoms with E-state index in [1.807, 2.05) is 25.3 Å². The van der Waals surface area contributed by atoms with Crippen LogP contribution < -0.4 is 5.32 Å². The molecule has 0 aliphatic heterocycles. The fourth-order valence-corrected chi connectivity index (χ4v) is 2.81. The van der Waals surface area contributed by atoms with Crippen molar-refractivity contribution in [2.24, 2.45) is 0 Å². The number of hydrogen-bond donors (Lipinski definition) is 1. The molecule has 0 spiro atoms. The van der Waals surface area contributed by atoms with Gasteiger partial charge in [-0.2, -0.15) is 0 Å². The van der Waals surface area contributed by atoms with Gasteiger partial charge in [0.1, 0.15) is 5.69 Å². The Labute approximate surface area is 134 Å². The Morgan fingerprint density at radius 3 is 2.48 bits per heavy atom. The van der Waals surface area contributed by atoms with Crippen LogP contribution in [-0.4, -0.2) is 16.5 Å². The summed E-state index contributed by atoms with van der Waals surface area (Å²) in [7, 11) is 0. The second kappa shape index (κ2) is 5.80. The van der Waals surface area contributed by atoms with E-state index in [-0.39, 0.29) is 11.9 Å². The molecular formula is C18H20F2N2O. The maximum atomic E-state index is 13.4. The van der Waals surface area contributed by atoms with Crippen molar-refractivity contribution < 1.29 is 13.6 Å². The Morgan fingerprint density at radius 2 is 1.87 bits per heavy atom. The number of carbonyl (C=O) groups is 1. The molecule has 1 aromatic carbocycles. The summed E-state index contributed by atoms with van der Waals surface area (Å²) in [4.78, 5) is 12.5. The summed E-state index contributed by atoms with van der Waals surface area (Å²) in [5.41, 5.74) is 4.18. The average molecular weight is 318 g/mol. The third-order valence-electron chi connectivity index (χ3n) is 4.59. The van der Waals surface area contributed by atoms with Gasteiger partial charge >= 0.3 is 0 Å². The molecule has 0 saturated heterocycles.